The van der Waals surface area contributed by atoms with Crippen molar-refractivity contribution in [2.24, 2.45) is 0 Å². The summed E-state index contributed by atoms with van der Waals surface area (Å²) in [5.74, 6) is 0.332. The van der Waals surface area contributed by atoms with Crippen LogP contribution in [0.5, 0.6) is 0 Å². The second kappa shape index (κ2) is 8.40. The zero-order valence-electron chi connectivity index (χ0n) is 17.8. The summed E-state index contributed by atoms with van der Waals surface area (Å²) in [6, 6.07) is 17.7. The molecule has 0 aliphatic carbocycles. The highest BCUT2D eigenvalue weighted by Crippen LogP contribution is 2.34. The fraction of sp³-hybridized carbons (Fsp3) is 0.292. The molecule has 0 fully saturated rings. The van der Waals surface area contributed by atoms with Crippen LogP contribution < -0.4 is 4.90 Å². The Morgan fingerprint density at radius 2 is 1.87 bits per heavy atom. The average molecular weight is 419 g/mol. The van der Waals surface area contributed by atoms with Crippen molar-refractivity contribution in [1.82, 2.24) is 14.8 Å². The van der Waals surface area contributed by atoms with Gasteiger partial charge in [-0.3, -0.25) is 14.4 Å². The fourth-order valence-electron chi connectivity index (χ4n) is 3.66. The maximum atomic E-state index is 13.4. The van der Waals surface area contributed by atoms with Crippen molar-refractivity contribution in [3.05, 3.63) is 77.1 Å². The van der Waals surface area contributed by atoms with E-state index < -0.39 is 0 Å². The van der Waals surface area contributed by atoms with Crippen molar-refractivity contribution in [2.45, 2.75) is 40.2 Å². The highest BCUT2D eigenvalue weighted by atomic mass is 32.1. The predicted octanol–water partition coefficient (Wildman–Crippen LogP) is 5.58. The molecule has 2 aromatic heterocycles. The van der Waals surface area contributed by atoms with E-state index in [2.05, 4.69) is 43.2 Å². The van der Waals surface area contributed by atoms with Crippen LogP contribution in [0.2, 0.25) is 0 Å². The van der Waals surface area contributed by atoms with Crippen LogP contribution in [0, 0.1) is 13.8 Å². The second-order valence-electron chi connectivity index (χ2n) is 7.82. The first-order chi connectivity index (χ1) is 14.4. The Bertz CT molecular complexity index is 1180. The summed E-state index contributed by atoms with van der Waals surface area (Å²) < 4.78 is 3.06. The number of carbonyl (C=O) groups is 1. The number of nitrogens with zero attached hydrogens (tertiary/aromatic N) is 4. The standard InChI is InChI=1S/C24H26N4OS/c1-16(2)20-11-8-12-21-22(20)25-24(30-21)27(23(29)19-9-6-5-7-10-19)13-14-28-18(4)15-17(3)26-28/h5-12,15-16H,13-14H2,1-4H3. The van der Waals surface area contributed by atoms with Gasteiger partial charge in [0, 0.05) is 17.8 Å². The Morgan fingerprint density at radius 1 is 1.10 bits per heavy atom. The number of aryl methyl sites for hydroxylation is 2. The van der Waals surface area contributed by atoms with Gasteiger partial charge in [-0.05, 0) is 49.6 Å². The molecule has 0 saturated heterocycles. The lowest BCUT2D eigenvalue weighted by atomic mass is 10.0. The number of hydrogen-bond acceptors (Lipinski definition) is 4. The lowest BCUT2D eigenvalue weighted by Crippen LogP contribution is -2.34. The van der Waals surface area contributed by atoms with E-state index in [-0.39, 0.29) is 5.91 Å². The number of carbonyl (C=O) groups excluding carboxylic acids is 1. The molecule has 0 N–H and O–H groups in total. The molecule has 6 heteroatoms. The zero-order valence-corrected chi connectivity index (χ0v) is 18.6. The first kappa shape index (κ1) is 20.3. The second-order valence-corrected chi connectivity index (χ2v) is 8.83. The summed E-state index contributed by atoms with van der Waals surface area (Å²) in [4.78, 5) is 20.1. The third-order valence-corrected chi connectivity index (χ3v) is 6.24. The average Bonchev–Trinajstić information content (AvgIpc) is 3.30. The molecule has 154 valence electrons. The molecule has 5 nitrogen and oxygen atoms in total. The Hall–Kier alpha value is -2.99. The molecule has 0 aliphatic heterocycles. The van der Waals surface area contributed by atoms with Crippen molar-refractivity contribution in [2.75, 3.05) is 11.4 Å². The number of aromatic nitrogens is 3. The lowest BCUT2D eigenvalue weighted by Gasteiger charge is -2.20. The first-order valence-electron chi connectivity index (χ1n) is 10.2. The van der Waals surface area contributed by atoms with Gasteiger partial charge in [0.2, 0.25) is 0 Å². The van der Waals surface area contributed by atoms with Crippen molar-refractivity contribution >= 4 is 32.6 Å². The van der Waals surface area contributed by atoms with Gasteiger partial charge in [-0.2, -0.15) is 5.10 Å². The molecule has 0 bridgehead atoms. The van der Waals surface area contributed by atoms with Crippen LogP contribution in [0.3, 0.4) is 0 Å². The molecule has 0 aliphatic rings. The monoisotopic (exact) mass is 418 g/mol. The molecule has 4 aromatic rings. The Labute approximate surface area is 181 Å². The summed E-state index contributed by atoms with van der Waals surface area (Å²) in [5.41, 5.74) is 4.93. The van der Waals surface area contributed by atoms with E-state index in [9.17, 15) is 4.79 Å². The number of thiazole rings is 1. The predicted molar refractivity (Wildman–Crippen MR) is 124 cm³/mol. The number of anilines is 1. The maximum Gasteiger partial charge on any atom is 0.260 e. The normalized spacial score (nSPS) is 11.4. The molecular weight excluding hydrogens is 392 g/mol. The van der Waals surface area contributed by atoms with E-state index in [0.717, 1.165) is 26.7 Å². The maximum absolute atomic E-state index is 13.4. The number of benzene rings is 2. The van der Waals surface area contributed by atoms with Gasteiger partial charge in [-0.25, -0.2) is 4.98 Å². The Morgan fingerprint density at radius 3 is 2.53 bits per heavy atom. The molecule has 30 heavy (non-hydrogen) atoms. The molecule has 0 radical (unpaired) electrons. The van der Waals surface area contributed by atoms with Gasteiger partial charge in [0.15, 0.2) is 5.13 Å². The quantitative estimate of drug-likeness (QED) is 0.411. The van der Waals surface area contributed by atoms with E-state index in [4.69, 9.17) is 4.98 Å². The number of para-hydroxylation sites is 1. The number of hydrogen-bond donors (Lipinski definition) is 0. The van der Waals surface area contributed by atoms with Crippen LogP contribution in [0.4, 0.5) is 5.13 Å². The third-order valence-electron chi connectivity index (χ3n) is 5.20. The van der Waals surface area contributed by atoms with Gasteiger partial charge in [0.1, 0.15) is 0 Å². The minimum atomic E-state index is -0.0396. The Balaban J connectivity index is 1.73. The van der Waals surface area contributed by atoms with Crippen LogP contribution in [0.15, 0.2) is 54.6 Å². The molecule has 1 amide bonds. The van der Waals surface area contributed by atoms with Crippen molar-refractivity contribution in [1.29, 1.82) is 0 Å². The molecule has 0 spiro atoms. The summed E-state index contributed by atoms with van der Waals surface area (Å²) >= 11 is 1.57. The van der Waals surface area contributed by atoms with E-state index in [0.29, 0.717) is 24.6 Å². The van der Waals surface area contributed by atoms with Crippen LogP contribution >= 0.6 is 11.3 Å². The SMILES string of the molecule is Cc1cc(C)n(CCN(C(=O)c2ccccc2)c2nc3c(C(C)C)cccc3s2)n1. The van der Waals surface area contributed by atoms with E-state index in [1.54, 1.807) is 16.2 Å². The smallest absolute Gasteiger partial charge is 0.260 e. The van der Waals surface area contributed by atoms with Crippen molar-refractivity contribution < 1.29 is 4.79 Å². The molecule has 4 rings (SSSR count). The van der Waals surface area contributed by atoms with Crippen molar-refractivity contribution in [3.8, 4) is 0 Å². The first-order valence-corrected chi connectivity index (χ1v) is 11.0. The third kappa shape index (κ3) is 4.00. The molecule has 0 atom stereocenters. The molecule has 2 aromatic carbocycles. The summed E-state index contributed by atoms with van der Waals surface area (Å²) in [7, 11) is 0. The van der Waals surface area contributed by atoms with Crippen LogP contribution in [0.1, 0.15) is 47.1 Å². The topological polar surface area (TPSA) is 51.0 Å². The van der Waals surface area contributed by atoms with Crippen molar-refractivity contribution in [3.63, 3.8) is 0 Å². The van der Waals surface area contributed by atoms with Gasteiger partial charge >= 0.3 is 0 Å². The van der Waals surface area contributed by atoms with E-state index in [1.165, 1.54) is 5.56 Å². The summed E-state index contributed by atoms with van der Waals surface area (Å²) in [6.45, 7) is 9.48. The number of amides is 1. The molecule has 0 unspecified atom stereocenters. The minimum Gasteiger partial charge on any atom is -0.282 e. The zero-order chi connectivity index (χ0) is 21.3. The molecule has 0 saturated carbocycles. The number of fused-ring (bicyclic) bond motifs is 1. The largest absolute Gasteiger partial charge is 0.282 e. The summed E-state index contributed by atoms with van der Waals surface area (Å²) in [6.07, 6.45) is 0. The van der Waals surface area contributed by atoms with Gasteiger partial charge in [0.05, 0.1) is 22.5 Å². The van der Waals surface area contributed by atoms with Crippen LogP contribution in [0.25, 0.3) is 10.2 Å². The van der Waals surface area contributed by atoms with Crippen LogP contribution in [-0.4, -0.2) is 27.2 Å². The lowest BCUT2D eigenvalue weighted by molar-refractivity contribution is 0.0985. The van der Waals surface area contributed by atoms with E-state index >= 15 is 0 Å². The molecular formula is C24H26N4OS. The van der Waals surface area contributed by atoms with Gasteiger partial charge < -0.3 is 0 Å². The molecule has 2 heterocycles. The summed E-state index contributed by atoms with van der Waals surface area (Å²) in [5, 5.41) is 5.28. The van der Waals surface area contributed by atoms with Gasteiger partial charge in [-0.15, -0.1) is 0 Å². The number of rotatable bonds is 6. The fourth-order valence-corrected chi connectivity index (χ4v) is 4.68. The van der Waals surface area contributed by atoms with Crippen LogP contribution in [-0.2, 0) is 6.54 Å². The highest BCUT2D eigenvalue weighted by molar-refractivity contribution is 7.22. The highest BCUT2D eigenvalue weighted by Gasteiger charge is 2.22. The minimum absolute atomic E-state index is 0.0396. The van der Waals surface area contributed by atoms with E-state index in [1.807, 2.05) is 48.9 Å². The van der Waals surface area contributed by atoms with Gasteiger partial charge in [-0.1, -0.05) is 55.5 Å². The van der Waals surface area contributed by atoms with Gasteiger partial charge in [0.25, 0.3) is 5.91 Å². The Kier molecular flexibility index (Phi) is 5.68.